The third-order valence-corrected chi connectivity index (χ3v) is 3.84. The molecule has 0 aliphatic carbocycles. The third kappa shape index (κ3) is 4.03. The van der Waals surface area contributed by atoms with Crippen molar-refractivity contribution >= 4 is 27.5 Å². The fourth-order valence-electron chi connectivity index (χ4n) is 2.02. The summed E-state index contributed by atoms with van der Waals surface area (Å²) >= 11 is 9.48. The maximum absolute atomic E-state index is 5.92. The number of likely N-dealkylation sites (N-methyl/N-ethyl adjacent to an activating group) is 1. The summed E-state index contributed by atoms with van der Waals surface area (Å²) in [4.78, 5) is 4.48. The predicted octanol–water partition coefficient (Wildman–Crippen LogP) is 4.39. The van der Waals surface area contributed by atoms with Crippen molar-refractivity contribution < 1.29 is 0 Å². The molecule has 2 aromatic rings. The molecule has 0 saturated carbocycles. The van der Waals surface area contributed by atoms with Gasteiger partial charge in [0.05, 0.1) is 11.7 Å². The van der Waals surface area contributed by atoms with Gasteiger partial charge in [0.2, 0.25) is 0 Å². The van der Waals surface area contributed by atoms with E-state index in [1.807, 2.05) is 30.5 Å². The molecule has 1 heterocycles. The van der Waals surface area contributed by atoms with Gasteiger partial charge >= 0.3 is 0 Å². The van der Waals surface area contributed by atoms with E-state index < -0.39 is 0 Å². The van der Waals surface area contributed by atoms with Crippen molar-refractivity contribution in [2.75, 3.05) is 6.54 Å². The maximum atomic E-state index is 5.92. The number of nitrogens with zero attached hydrogens (tertiary/aromatic N) is 1. The molecule has 0 amide bonds. The van der Waals surface area contributed by atoms with Crippen LogP contribution in [0, 0.1) is 0 Å². The lowest BCUT2D eigenvalue weighted by atomic mass is 10.0. The zero-order chi connectivity index (χ0) is 13.7. The largest absolute Gasteiger partial charge is 0.309 e. The Kier molecular flexibility index (Phi) is 5.37. The fraction of sp³-hybridized carbons (Fsp3) is 0.267. The zero-order valence-electron chi connectivity index (χ0n) is 10.7. The van der Waals surface area contributed by atoms with Crippen LogP contribution in [-0.2, 0) is 6.42 Å². The molecular weight excluding hydrogens is 324 g/mol. The van der Waals surface area contributed by atoms with Gasteiger partial charge in [-0.1, -0.05) is 30.7 Å². The average molecular weight is 340 g/mol. The highest BCUT2D eigenvalue weighted by Crippen LogP contribution is 2.24. The molecule has 0 fully saturated rings. The van der Waals surface area contributed by atoms with E-state index in [1.165, 1.54) is 5.56 Å². The first-order valence-corrected chi connectivity index (χ1v) is 7.46. The predicted molar refractivity (Wildman–Crippen MR) is 83.5 cm³/mol. The van der Waals surface area contributed by atoms with Crippen molar-refractivity contribution in [3.63, 3.8) is 0 Å². The second-order valence-corrected chi connectivity index (χ2v) is 5.60. The summed E-state index contributed by atoms with van der Waals surface area (Å²) in [6.07, 6.45) is 2.72. The minimum Gasteiger partial charge on any atom is -0.309 e. The van der Waals surface area contributed by atoms with Crippen LogP contribution in [0.25, 0.3) is 0 Å². The van der Waals surface area contributed by atoms with Crippen LogP contribution in [0.15, 0.2) is 47.1 Å². The number of halogens is 2. The molecule has 0 saturated heterocycles. The molecule has 4 heteroatoms. The van der Waals surface area contributed by atoms with Gasteiger partial charge in [-0.2, -0.15) is 0 Å². The van der Waals surface area contributed by atoms with Gasteiger partial charge in [0.25, 0.3) is 0 Å². The van der Waals surface area contributed by atoms with E-state index in [1.54, 1.807) is 0 Å². The number of benzene rings is 1. The quantitative estimate of drug-likeness (QED) is 0.874. The molecule has 19 heavy (non-hydrogen) atoms. The topological polar surface area (TPSA) is 24.9 Å². The van der Waals surface area contributed by atoms with Gasteiger partial charge in [-0.25, -0.2) is 0 Å². The Hall–Kier alpha value is -0.900. The Morgan fingerprint density at radius 1 is 1.26 bits per heavy atom. The van der Waals surface area contributed by atoms with E-state index in [4.69, 9.17) is 11.6 Å². The van der Waals surface area contributed by atoms with Crippen molar-refractivity contribution in [1.29, 1.82) is 0 Å². The highest BCUT2D eigenvalue weighted by Gasteiger charge is 2.15. The van der Waals surface area contributed by atoms with Gasteiger partial charge in [-0.05, 0) is 58.7 Å². The van der Waals surface area contributed by atoms with Crippen LogP contribution in [0.2, 0.25) is 5.02 Å². The molecule has 1 N–H and O–H groups in total. The standard InChI is InChI=1S/C15H16BrClN2/c1-2-18-14(15-13(16)4-3-9-19-15)10-11-5-7-12(17)8-6-11/h3-9,14,18H,2,10H2,1H3. The van der Waals surface area contributed by atoms with E-state index in [0.29, 0.717) is 0 Å². The lowest BCUT2D eigenvalue weighted by Crippen LogP contribution is -2.24. The van der Waals surface area contributed by atoms with E-state index in [2.05, 4.69) is 45.3 Å². The van der Waals surface area contributed by atoms with Crippen molar-refractivity contribution in [2.45, 2.75) is 19.4 Å². The Morgan fingerprint density at radius 2 is 2.00 bits per heavy atom. The summed E-state index contributed by atoms with van der Waals surface area (Å²) in [6.45, 7) is 3.01. The molecule has 0 spiro atoms. The number of rotatable bonds is 5. The average Bonchev–Trinajstić information content (AvgIpc) is 2.41. The Labute approximate surface area is 127 Å². The van der Waals surface area contributed by atoms with Crippen LogP contribution in [-0.4, -0.2) is 11.5 Å². The van der Waals surface area contributed by atoms with Crippen molar-refractivity contribution in [3.05, 3.63) is 63.3 Å². The maximum Gasteiger partial charge on any atom is 0.0718 e. The Balaban J connectivity index is 2.21. The summed E-state index contributed by atoms with van der Waals surface area (Å²) in [6, 6.07) is 12.1. The van der Waals surface area contributed by atoms with Gasteiger partial charge in [0.15, 0.2) is 0 Å². The fourth-order valence-corrected chi connectivity index (χ4v) is 2.68. The van der Waals surface area contributed by atoms with Crippen molar-refractivity contribution in [3.8, 4) is 0 Å². The monoisotopic (exact) mass is 338 g/mol. The molecule has 1 atom stereocenters. The number of aromatic nitrogens is 1. The number of nitrogens with one attached hydrogen (secondary N) is 1. The molecule has 1 aromatic carbocycles. The van der Waals surface area contributed by atoms with E-state index >= 15 is 0 Å². The molecule has 1 aromatic heterocycles. The molecular formula is C15H16BrClN2. The van der Waals surface area contributed by atoms with Gasteiger partial charge in [0.1, 0.15) is 0 Å². The Morgan fingerprint density at radius 3 is 2.63 bits per heavy atom. The summed E-state index contributed by atoms with van der Waals surface area (Å²) in [5.41, 5.74) is 2.28. The van der Waals surface area contributed by atoms with Gasteiger partial charge in [0, 0.05) is 15.7 Å². The SMILES string of the molecule is CCNC(Cc1ccc(Cl)cc1)c1ncccc1Br. The van der Waals surface area contributed by atoms with Crippen LogP contribution in [0.5, 0.6) is 0 Å². The first-order chi connectivity index (χ1) is 9.20. The molecule has 100 valence electrons. The van der Waals surface area contributed by atoms with Gasteiger partial charge in [-0.15, -0.1) is 0 Å². The second-order valence-electron chi connectivity index (χ2n) is 4.31. The first-order valence-electron chi connectivity index (χ1n) is 6.29. The lowest BCUT2D eigenvalue weighted by Gasteiger charge is -2.18. The molecule has 2 rings (SSSR count). The smallest absolute Gasteiger partial charge is 0.0718 e. The van der Waals surface area contributed by atoms with Crippen LogP contribution in [0.4, 0.5) is 0 Å². The number of hydrogen-bond donors (Lipinski definition) is 1. The minimum absolute atomic E-state index is 0.196. The summed E-state index contributed by atoms with van der Waals surface area (Å²) in [5.74, 6) is 0. The summed E-state index contributed by atoms with van der Waals surface area (Å²) < 4.78 is 1.04. The van der Waals surface area contributed by atoms with Gasteiger partial charge < -0.3 is 5.32 Å². The van der Waals surface area contributed by atoms with E-state index in [-0.39, 0.29) is 6.04 Å². The molecule has 0 aliphatic heterocycles. The first kappa shape index (κ1) is 14.5. The molecule has 2 nitrogen and oxygen atoms in total. The van der Waals surface area contributed by atoms with Gasteiger partial charge in [-0.3, -0.25) is 4.98 Å². The van der Waals surface area contributed by atoms with Crippen LogP contribution in [0.1, 0.15) is 24.2 Å². The lowest BCUT2D eigenvalue weighted by molar-refractivity contribution is 0.534. The highest BCUT2D eigenvalue weighted by molar-refractivity contribution is 9.10. The highest BCUT2D eigenvalue weighted by atomic mass is 79.9. The Bertz CT molecular complexity index is 528. The van der Waals surface area contributed by atoms with Crippen LogP contribution < -0.4 is 5.32 Å². The second kappa shape index (κ2) is 7.04. The molecule has 0 bridgehead atoms. The minimum atomic E-state index is 0.196. The molecule has 1 unspecified atom stereocenters. The van der Waals surface area contributed by atoms with E-state index in [0.717, 1.165) is 28.2 Å². The zero-order valence-corrected chi connectivity index (χ0v) is 13.1. The van der Waals surface area contributed by atoms with Crippen LogP contribution in [0.3, 0.4) is 0 Å². The summed E-state index contributed by atoms with van der Waals surface area (Å²) in [7, 11) is 0. The van der Waals surface area contributed by atoms with Crippen molar-refractivity contribution in [1.82, 2.24) is 10.3 Å². The summed E-state index contributed by atoms with van der Waals surface area (Å²) in [5, 5.41) is 4.24. The molecule has 0 aliphatic rings. The third-order valence-electron chi connectivity index (χ3n) is 2.92. The van der Waals surface area contributed by atoms with E-state index in [9.17, 15) is 0 Å². The van der Waals surface area contributed by atoms with Crippen LogP contribution >= 0.6 is 27.5 Å². The number of pyridine rings is 1. The van der Waals surface area contributed by atoms with Crippen molar-refractivity contribution in [2.24, 2.45) is 0 Å². The normalized spacial score (nSPS) is 12.4. The number of hydrogen-bond acceptors (Lipinski definition) is 2. The molecule has 0 radical (unpaired) electrons.